The molecule has 1 rings (SSSR count). The van der Waals surface area contributed by atoms with E-state index in [0.29, 0.717) is 31.4 Å². The molecule has 1 aromatic rings. The minimum Gasteiger partial charge on any atom is -0.377 e. The van der Waals surface area contributed by atoms with Crippen LogP contribution >= 0.6 is 24.0 Å². The van der Waals surface area contributed by atoms with E-state index in [9.17, 15) is 13.2 Å². The molecule has 0 unspecified atom stereocenters. The Balaban J connectivity index is 0.00000676. The summed E-state index contributed by atoms with van der Waals surface area (Å²) in [6.07, 6.45) is -2.79. The third kappa shape index (κ3) is 10.6. The van der Waals surface area contributed by atoms with Gasteiger partial charge in [0.05, 0.1) is 17.7 Å². The molecule has 1 aromatic heterocycles. The van der Waals surface area contributed by atoms with Gasteiger partial charge in [0.1, 0.15) is 5.82 Å². The van der Waals surface area contributed by atoms with Gasteiger partial charge in [-0.05, 0) is 39.3 Å². The summed E-state index contributed by atoms with van der Waals surface area (Å²) in [5.74, 6) is 1.12. The van der Waals surface area contributed by atoms with Crippen LogP contribution in [0.5, 0.6) is 0 Å². The van der Waals surface area contributed by atoms with Crippen molar-refractivity contribution in [2.75, 3.05) is 38.6 Å². The van der Waals surface area contributed by atoms with Crippen LogP contribution in [0.1, 0.15) is 32.8 Å². The molecule has 0 bridgehead atoms. The van der Waals surface area contributed by atoms with Gasteiger partial charge >= 0.3 is 6.18 Å². The summed E-state index contributed by atoms with van der Waals surface area (Å²) >= 11 is 0. The first-order valence-electron chi connectivity index (χ1n) is 8.52. The van der Waals surface area contributed by atoms with Crippen LogP contribution in [0.15, 0.2) is 23.3 Å². The van der Waals surface area contributed by atoms with E-state index in [-0.39, 0.29) is 29.6 Å². The Bertz CT molecular complexity index is 565. The summed E-state index contributed by atoms with van der Waals surface area (Å²) in [7, 11) is 1.65. The summed E-state index contributed by atoms with van der Waals surface area (Å²) in [6, 6.07) is 2.34. The maximum absolute atomic E-state index is 12.5. The lowest BCUT2D eigenvalue weighted by Crippen LogP contribution is -2.39. The number of alkyl halides is 3. The molecule has 0 aromatic carbocycles. The zero-order valence-corrected chi connectivity index (χ0v) is 18.4. The second kappa shape index (κ2) is 12.2. The first-order chi connectivity index (χ1) is 12.2. The lowest BCUT2D eigenvalue weighted by atomic mass is 10.1. The number of methoxy groups -OCH3 is 1. The molecule has 3 N–H and O–H groups in total. The number of nitrogens with zero attached hydrogens (tertiary/aromatic N) is 2. The van der Waals surface area contributed by atoms with Crippen LogP contribution in [-0.2, 0) is 10.9 Å². The van der Waals surface area contributed by atoms with Crippen LogP contribution in [0.3, 0.4) is 0 Å². The number of aromatic nitrogens is 1. The van der Waals surface area contributed by atoms with Crippen molar-refractivity contribution >= 4 is 35.8 Å². The van der Waals surface area contributed by atoms with Crippen molar-refractivity contribution in [1.82, 2.24) is 15.6 Å². The number of anilines is 1. The van der Waals surface area contributed by atoms with Crippen LogP contribution in [0.25, 0.3) is 0 Å². The third-order valence-corrected chi connectivity index (χ3v) is 3.56. The van der Waals surface area contributed by atoms with Crippen molar-refractivity contribution in [1.29, 1.82) is 0 Å². The maximum atomic E-state index is 12.5. The Hall–Kier alpha value is -1.30. The molecule has 1 heterocycles. The second-order valence-electron chi connectivity index (χ2n) is 6.30. The van der Waals surface area contributed by atoms with Gasteiger partial charge < -0.3 is 20.7 Å². The van der Waals surface area contributed by atoms with E-state index in [1.807, 2.05) is 20.8 Å². The van der Waals surface area contributed by atoms with Crippen LogP contribution in [-0.4, -0.2) is 49.8 Å². The lowest BCUT2D eigenvalue weighted by Gasteiger charge is -2.21. The van der Waals surface area contributed by atoms with E-state index in [0.717, 1.165) is 25.2 Å². The molecule has 0 radical (unpaired) electrons. The Morgan fingerprint density at radius 1 is 1.19 bits per heavy atom. The van der Waals surface area contributed by atoms with Crippen molar-refractivity contribution in [2.45, 2.75) is 39.0 Å². The largest absolute Gasteiger partial charge is 0.417 e. The second-order valence-corrected chi connectivity index (χ2v) is 6.30. The predicted molar refractivity (Wildman–Crippen MR) is 113 cm³/mol. The minimum atomic E-state index is -4.37. The number of guanidine groups is 1. The number of aliphatic imine (C=N–C) groups is 1. The number of pyridine rings is 1. The van der Waals surface area contributed by atoms with E-state index in [4.69, 9.17) is 4.74 Å². The summed E-state index contributed by atoms with van der Waals surface area (Å²) in [5, 5.41) is 9.35. The Morgan fingerprint density at radius 2 is 1.89 bits per heavy atom. The highest BCUT2D eigenvalue weighted by atomic mass is 127. The lowest BCUT2D eigenvalue weighted by molar-refractivity contribution is -0.137. The molecule has 6 nitrogen and oxygen atoms in total. The first kappa shape index (κ1) is 25.7. The van der Waals surface area contributed by atoms with Gasteiger partial charge in [-0.25, -0.2) is 4.98 Å². The van der Waals surface area contributed by atoms with Crippen molar-refractivity contribution < 1.29 is 17.9 Å². The molecule has 0 atom stereocenters. The molecule has 27 heavy (non-hydrogen) atoms. The Morgan fingerprint density at radius 3 is 2.41 bits per heavy atom. The van der Waals surface area contributed by atoms with Crippen molar-refractivity contribution in [2.24, 2.45) is 4.99 Å². The van der Waals surface area contributed by atoms with Crippen LogP contribution in [0, 0.1) is 0 Å². The van der Waals surface area contributed by atoms with Crippen molar-refractivity contribution in [3.8, 4) is 0 Å². The van der Waals surface area contributed by atoms with Gasteiger partial charge in [0, 0.05) is 32.9 Å². The number of hydrogen-bond donors (Lipinski definition) is 3. The fraction of sp³-hybridized carbons (Fsp3) is 0.647. The number of rotatable bonds is 9. The van der Waals surface area contributed by atoms with Gasteiger partial charge in [-0.1, -0.05) is 0 Å². The van der Waals surface area contributed by atoms with Crippen LogP contribution in [0.4, 0.5) is 19.0 Å². The molecule has 0 fully saturated rings. The minimum absolute atomic E-state index is 0. The summed E-state index contributed by atoms with van der Waals surface area (Å²) in [4.78, 5) is 8.25. The fourth-order valence-electron chi connectivity index (χ4n) is 1.85. The molecule has 0 saturated carbocycles. The molecule has 10 heteroatoms. The normalized spacial score (nSPS) is 12.3. The standard InChI is InChI=1S/C17H28F3N5O.HI/c1-5-21-15(25-12-16(2,3)26-4)23-10-6-9-22-14-8-7-13(11-24-14)17(18,19)20;/h7-8,11H,5-6,9-10,12H2,1-4H3,(H,22,24)(H2,21,23,25);1H. The molecule has 0 aliphatic carbocycles. The van der Waals surface area contributed by atoms with Crippen LogP contribution in [0.2, 0.25) is 0 Å². The maximum Gasteiger partial charge on any atom is 0.417 e. The van der Waals surface area contributed by atoms with Crippen molar-refractivity contribution in [3.05, 3.63) is 23.9 Å². The van der Waals surface area contributed by atoms with Gasteiger partial charge in [0.15, 0.2) is 5.96 Å². The third-order valence-electron chi connectivity index (χ3n) is 3.56. The topological polar surface area (TPSA) is 70.6 Å². The molecule has 0 aliphatic rings. The average Bonchev–Trinajstić information content (AvgIpc) is 2.59. The van der Waals surface area contributed by atoms with Gasteiger partial charge in [-0.3, -0.25) is 4.99 Å². The zero-order valence-electron chi connectivity index (χ0n) is 16.1. The average molecular weight is 503 g/mol. The quantitative estimate of drug-likeness (QED) is 0.208. The van der Waals surface area contributed by atoms with Gasteiger partial charge in [0.2, 0.25) is 0 Å². The fourth-order valence-corrected chi connectivity index (χ4v) is 1.85. The van der Waals surface area contributed by atoms with E-state index in [2.05, 4.69) is 25.9 Å². The number of nitrogens with one attached hydrogen (secondary N) is 3. The molecule has 0 amide bonds. The molecular weight excluding hydrogens is 474 g/mol. The summed E-state index contributed by atoms with van der Waals surface area (Å²) in [5.41, 5.74) is -1.09. The summed E-state index contributed by atoms with van der Waals surface area (Å²) < 4.78 is 42.8. The molecule has 0 aliphatic heterocycles. The number of hydrogen-bond acceptors (Lipinski definition) is 4. The van der Waals surface area contributed by atoms with Gasteiger partial charge in [0.25, 0.3) is 0 Å². The first-order valence-corrected chi connectivity index (χ1v) is 8.52. The molecule has 0 saturated heterocycles. The SMILES string of the molecule is CCNC(=NCC(C)(C)OC)NCCCNc1ccc(C(F)(F)F)cn1.I. The van der Waals surface area contributed by atoms with E-state index in [1.54, 1.807) is 7.11 Å². The number of ether oxygens (including phenoxy) is 1. The zero-order chi connectivity index (χ0) is 19.6. The number of halogens is 4. The smallest absolute Gasteiger partial charge is 0.377 e. The van der Waals surface area contributed by atoms with Gasteiger partial charge in [-0.15, -0.1) is 24.0 Å². The monoisotopic (exact) mass is 503 g/mol. The molecule has 156 valence electrons. The highest BCUT2D eigenvalue weighted by Gasteiger charge is 2.30. The molecule has 0 spiro atoms. The highest BCUT2D eigenvalue weighted by molar-refractivity contribution is 14.0. The van der Waals surface area contributed by atoms with E-state index >= 15 is 0 Å². The van der Waals surface area contributed by atoms with E-state index in [1.165, 1.54) is 6.07 Å². The van der Waals surface area contributed by atoms with Crippen molar-refractivity contribution in [3.63, 3.8) is 0 Å². The van der Waals surface area contributed by atoms with Crippen LogP contribution < -0.4 is 16.0 Å². The van der Waals surface area contributed by atoms with Gasteiger partial charge in [-0.2, -0.15) is 13.2 Å². The summed E-state index contributed by atoms with van der Waals surface area (Å²) in [6.45, 7) is 8.40. The van der Waals surface area contributed by atoms with E-state index < -0.39 is 11.7 Å². The Kier molecular flexibility index (Phi) is 11.6. The predicted octanol–water partition coefficient (Wildman–Crippen LogP) is 3.50. The highest BCUT2D eigenvalue weighted by Crippen LogP contribution is 2.28. The molecular formula is C17H29F3IN5O. The Labute approximate surface area is 175 Å².